The molecule has 0 saturated carbocycles. The topological polar surface area (TPSA) is 41.6 Å². The molecule has 4 nitrogen and oxygen atoms in total. The smallest absolute Gasteiger partial charge is 0.239 e. The van der Waals surface area contributed by atoms with Gasteiger partial charge in [-0.05, 0) is 20.3 Å². The van der Waals surface area contributed by atoms with Gasteiger partial charge in [0.05, 0.1) is 19.3 Å². The Balaban J connectivity index is 2.16. The van der Waals surface area contributed by atoms with Crippen LogP contribution in [0.25, 0.3) is 0 Å². The number of unbranched alkanes of at least 4 members (excludes halogenated alkanes) is 4. The molecule has 20 heavy (non-hydrogen) atoms. The predicted molar refractivity (Wildman–Crippen MR) is 82.8 cm³/mol. The Morgan fingerprint density at radius 3 is 2.45 bits per heavy atom. The van der Waals surface area contributed by atoms with Crippen LogP contribution in [0.4, 0.5) is 0 Å². The Morgan fingerprint density at radius 1 is 1.15 bits per heavy atom. The fourth-order valence-electron chi connectivity index (χ4n) is 2.69. The summed E-state index contributed by atoms with van der Waals surface area (Å²) in [6.07, 6.45) is 7.70. The van der Waals surface area contributed by atoms with Gasteiger partial charge < -0.3 is 15.0 Å². The first-order chi connectivity index (χ1) is 9.65. The number of amides is 1. The number of ether oxygens (including phenoxy) is 1. The molecule has 0 spiro atoms. The number of nitrogens with one attached hydrogen (secondary N) is 1. The molecular weight excluding hydrogens is 252 g/mol. The van der Waals surface area contributed by atoms with Gasteiger partial charge in [-0.1, -0.05) is 39.0 Å². The molecule has 1 heterocycles. The van der Waals surface area contributed by atoms with E-state index in [1.165, 1.54) is 32.1 Å². The van der Waals surface area contributed by atoms with Crippen molar-refractivity contribution < 1.29 is 9.53 Å². The lowest BCUT2D eigenvalue weighted by Crippen LogP contribution is -2.51. The van der Waals surface area contributed by atoms with Crippen molar-refractivity contribution >= 4 is 5.91 Å². The van der Waals surface area contributed by atoms with E-state index in [0.29, 0.717) is 19.3 Å². The van der Waals surface area contributed by atoms with Crippen LogP contribution in [0.5, 0.6) is 0 Å². The minimum atomic E-state index is -0.0845. The van der Waals surface area contributed by atoms with Crippen molar-refractivity contribution in [2.75, 3.05) is 26.3 Å². The van der Waals surface area contributed by atoms with Crippen LogP contribution in [0, 0.1) is 0 Å². The first-order valence-electron chi connectivity index (χ1n) is 8.27. The van der Waals surface area contributed by atoms with Gasteiger partial charge in [0, 0.05) is 19.1 Å². The molecule has 118 valence electrons. The molecule has 0 aromatic carbocycles. The zero-order chi connectivity index (χ0) is 14.8. The first-order valence-corrected chi connectivity index (χ1v) is 8.27. The van der Waals surface area contributed by atoms with Crippen LogP contribution in [-0.2, 0) is 9.53 Å². The average Bonchev–Trinajstić information content (AvgIpc) is 2.47. The van der Waals surface area contributed by atoms with Crippen molar-refractivity contribution in [3.05, 3.63) is 0 Å². The highest BCUT2D eigenvalue weighted by Crippen LogP contribution is 2.08. The number of carbonyl (C=O) groups excluding carboxylic acids is 1. The van der Waals surface area contributed by atoms with Crippen LogP contribution in [-0.4, -0.2) is 49.2 Å². The summed E-state index contributed by atoms with van der Waals surface area (Å²) in [6, 6.07) is 0.329. The van der Waals surface area contributed by atoms with E-state index in [9.17, 15) is 4.79 Å². The molecule has 0 aromatic rings. The fraction of sp³-hybridized carbons (Fsp3) is 0.938. The fourth-order valence-corrected chi connectivity index (χ4v) is 2.69. The van der Waals surface area contributed by atoms with E-state index in [1.54, 1.807) is 0 Å². The third kappa shape index (κ3) is 6.71. The molecule has 4 heteroatoms. The van der Waals surface area contributed by atoms with Gasteiger partial charge in [-0.2, -0.15) is 0 Å². The molecular formula is C16H32N2O2. The molecule has 0 aromatic heterocycles. The van der Waals surface area contributed by atoms with Crippen LogP contribution < -0.4 is 5.32 Å². The van der Waals surface area contributed by atoms with Crippen LogP contribution in [0.15, 0.2) is 0 Å². The van der Waals surface area contributed by atoms with Crippen LogP contribution in [0.2, 0.25) is 0 Å². The largest absolute Gasteiger partial charge is 0.378 e. The van der Waals surface area contributed by atoms with Crippen molar-refractivity contribution in [3.63, 3.8) is 0 Å². The first kappa shape index (κ1) is 17.4. The molecule has 0 aliphatic carbocycles. The third-order valence-electron chi connectivity index (χ3n) is 3.97. The number of hydrogen-bond donors (Lipinski definition) is 1. The zero-order valence-corrected chi connectivity index (χ0v) is 13.5. The normalized spacial score (nSPS) is 18.9. The molecule has 0 radical (unpaired) electrons. The molecule has 2 atom stereocenters. The van der Waals surface area contributed by atoms with Gasteiger partial charge in [-0.25, -0.2) is 0 Å². The summed E-state index contributed by atoms with van der Waals surface area (Å²) >= 11 is 0. The highest BCUT2D eigenvalue weighted by atomic mass is 16.5. The van der Waals surface area contributed by atoms with Crippen LogP contribution >= 0.6 is 0 Å². The van der Waals surface area contributed by atoms with Crippen LogP contribution in [0.1, 0.15) is 59.3 Å². The lowest BCUT2D eigenvalue weighted by Gasteiger charge is -2.30. The molecule has 1 amide bonds. The molecule has 1 saturated heterocycles. The summed E-state index contributed by atoms with van der Waals surface area (Å²) < 4.78 is 5.28. The monoisotopic (exact) mass is 284 g/mol. The van der Waals surface area contributed by atoms with Gasteiger partial charge in [-0.15, -0.1) is 0 Å². The van der Waals surface area contributed by atoms with E-state index in [-0.39, 0.29) is 11.9 Å². The molecule has 1 fully saturated rings. The van der Waals surface area contributed by atoms with E-state index in [0.717, 1.165) is 19.5 Å². The maximum Gasteiger partial charge on any atom is 0.239 e. The van der Waals surface area contributed by atoms with E-state index >= 15 is 0 Å². The average molecular weight is 284 g/mol. The van der Waals surface area contributed by atoms with Gasteiger partial charge in [0.1, 0.15) is 0 Å². The van der Waals surface area contributed by atoms with Crippen molar-refractivity contribution in [3.8, 4) is 0 Å². The van der Waals surface area contributed by atoms with Crippen molar-refractivity contribution in [2.45, 2.75) is 71.4 Å². The summed E-state index contributed by atoms with van der Waals surface area (Å²) in [4.78, 5) is 14.2. The van der Waals surface area contributed by atoms with Gasteiger partial charge in [-0.3, -0.25) is 4.79 Å². The van der Waals surface area contributed by atoms with Gasteiger partial charge >= 0.3 is 0 Å². The van der Waals surface area contributed by atoms with Gasteiger partial charge in [0.2, 0.25) is 5.91 Å². The number of nitrogens with zero attached hydrogens (tertiary/aromatic N) is 1. The molecule has 1 N–H and O–H groups in total. The second-order valence-corrected chi connectivity index (χ2v) is 5.93. The summed E-state index contributed by atoms with van der Waals surface area (Å²) in [6.45, 7) is 9.21. The molecule has 2 unspecified atom stereocenters. The minimum absolute atomic E-state index is 0.0845. The van der Waals surface area contributed by atoms with Gasteiger partial charge in [0.15, 0.2) is 0 Å². The number of carbonyl (C=O) groups is 1. The molecule has 0 bridgehead atoms. The highest BCUT2D eigenvalue weighted by molar-refractivity contribution is 5.81. The van der Waals surface area contributed by atoms with Gasteiger partial charge in [0.25, 0.3) is 0 Å². The third-order valence-corrected chi connectivity index (χ3v) is 3.97. The summed E-state index contributed by atoms with van der Waals surface area (Å²) in [7, 11) is 0. The molecule has 1 rings (SSSR count). The minimum Gasteiger partial charge on any atom is -0.378 e. The summed E-state index contributed by atoms with van der Waals surface area (Å²) in [5, 5.41) is 3.44. The lowest BCUT2D eigenvalue weighted by atomic mass is 10.1. The maximum absolute atomic E-state index is 12.3. The van der Waals surface area contributed by atoms with Crippen LogP contribution in [0.3, 0.4) is 0 Å². The summed E-state index contributed by atoms with van der Waals surface area (Å²) in [5.41, 5.74) is 0. The quantitative estimate of drug-likeness (QED) is 0.662. The zero-order valence-electron chi connectivity index (χ0n) is 13.5. The second-order valence-electron chi connectivity index (χ2n) is 5.93. The Morgan fingerprint density at radius 2 is 1.80 bits per heavy atom. The standard InChI is InChI=1S/C16H32N2O2/c1-4-5-6-7-8-9-14(2)17-15(3)16(19)18-10-12-20-13-11-18/h14-15,17H,4-13H2,1-3H3. The molecule has 1 aliphatic rings. The molecule has 1 aliphatic heterocycles. The van der Waals surface area contributed by atoms with E-state index < -0.39 is 0 Å². The summed E-state index contributed by atoms with van der Waals surface area (Å²) in [5.74, 6) is 0.214. The predicted octanol–water partition coefficient (Wildman–Crippen LogP) is 2.57. The van der Waals surface area contributed by atoms with Crippen molar-refractivity contribution in [1.29, 1.82) is 0 Å². The maximum atomic E-state index is 12.3. The Kier molecular flexibility index (Phi) is 8.86. The Labute approximate surface area is 124 Å². The lowest BCUT2D eigenvalue weighted by molar-refractivity contribution is -0.137. The SMILES string of the molecule is CCCCCCCC(C)NC(C)C(=O)N1CCOCC1. The van der Waals surface area contributed by atoms with Crippen molar-refractivity contribution in [1.82, 2.24) is 10.2 Å². The van der Waals surface area contributed by atoms with E-state index in [4.69, 9.17) is 4.74 Å². The Bertz CT molecular complexity index is 265. The van der Waals surface area contributed by atoms with E-state index in [1.807, 2.05) is 11.8 Å². The highest BCUT2D eigenvalue weighted by Gasteiger charge is 2.23. The number of hydrogen-bond acceptors (Lipinski definition) is 3. The Hall–Kier alpha value is -0.610. The number of rotatable bonds is 9. The second kappa shape index (κ2) is 10.2. The number of morpholine rings is 1. The van der Waals surface area contributed by atoms with Crippen molar-refractivity contribution in [2.24, 2.45) is 0 Å². The van der Waals surface area contributed by atoms with E-state index in [2.05, 4.69) is 19.2 Å².